The van der Waals surface area contributed by atoms with Crippen LogP contribution < -0.4 is 5.32 Å². The summed E-state index contributed by atoms with van der Waals surface area (Å²) < 4.78 is 15.6. The van der Waals surface area contributed by atoms with E-state index in [0.717, 1.165) is 15.6 Å². The maximum atomic E-state index is 13.0. The fourth-order valence-electron chi connectivity index (χ4n) is 2.78. The van der Waals surface area contributed by atoms with Crippen molar-refractivity contribution < 1.29 is 9.18 Å². The van der Waals surface area contributed by atoms with E-state index in [1.807, 2.05) is 24.3 Å². The largest absolute Gasteiger partial charge is 0.352 e. The second kappa shape index (κ2) is 8.67. The van der Waals surface area contributed by atoms with Gasteiger partial charge in [0.05, 0.1) is 17.8 Å². The first-order chi connectivity index (χ1) is 13.0. The summed E-state index contributed by atoms with van der Waals surface area (Å²) in [4.78, 5) is 12.6. The Morgan fingerprint density at radius 3 is 2.63 bits per heavy atom. The molecule has 27 heavy (non-hydrogen) atoms. The Hall–Kier alpha value is -2.18. The van der Waals surface area contributed by atoms with E-state index in [4.69, 9.17) is 11.6 Å². The second-order valence-electron chi connectivity index (χ2n) is 6.13. The van der Waals surface area contributed by atoms with Crippen LogP contribution in [0.5, 0.6) is 0 Å². The fourth-order valence-corrected chi connectivity index (χ4v) is 3.58. The lowest BCUT2D eigenvalue weighted by Gasteiger charge is -2.07. The summed E-state index contributed by atoms with van der Waals surface area (Å²) in [6.45, 7) is 2.60. The van der Waals surface area contributed by atoms with Crippen LogP contribution in [-0.2, 0) is 13.0 Å². The number of aryl methyl sites for hydroxylation is 1. The summed E-state index contributed by atoms with van der Waals surface area (Å²) in [6.07, 6.45) is 0.702. The number of aromatic nitrogens is 2. The van der Waals surface area contributed by atoms with Gasteiger partial charge in [0.15, 0.2) is 0 Å². The zero-order chi connectivity index (χ0) is 19.4. The summed E-state index contributed by atoms with van der Waals surface area (Å²) in [5.41, 5.74) is 2.89. The molecule has 1 heterocycles. The molecular formula is C20H18BrClFN3O. The van der Waals surface area contributed by atoms with E-state index in [2.05, 4.69) is 26.3 Å². The van der Waals surface area contributed by atoms with Crippen LogP contribution in [0.2, 0.25) is 5.15 Å². The summed E-state index contributed by atoms with van der Waals surface area (Å²) >= 11 is 9.89. The van der Waals surface area contributed by atoms with E-state index < -0.39 is 0 Å². The Balaban J connectivity index is 1.67. The number of benzene rings is 2. The first-order valence-corrected chi connectivity index (χ1v) is 9.61. The molecule has 0 saturated carbocycles. The Labute approximate surface area is 170 Å². The maximum Gasteiger partial charge on any atom is 0.256 e. The average Bonchev–Trinajstić information content (AvgIpc) is 2.92. The van der Waals surface area contributed by atoms with Gasteiger partial charge < -0.3 is 5.32 Å². The zero-order valence-corrected chi connectivity index (χ0v) is 17.0. The van der Waals surface area contributed by atoms with Crippen LogP contribution in [0.15, 0.2) is 53.0 Å². The van der Waals surface area contributed by atoms with Gasteiger partial charge in [0.2, 0.25) is 0 Å². The molecule has 0 radical (unpaired) electrons. The standard InChI is InChI=1S/C20H18BrClFN3O/c1-13-18(20(27)24-11-10-15-4-2-3-5-17(15)21)19(22)26(25-13)12-14-6-8-16(23)9-7-14/h2-9H,10-12H2,1H3,(H,24,27). The number of carbonyl (C=O) groups is 1. The number of rotatable bonds is 6. The summed E-state index contributed by atoms with van der Waals surface area (Å²) in [5, 5.41) is 7.52. The lowest BCUT2D eigenvalue weighted by molar-refractivity contribution is 0.0953. The molecule has 0 aliphatic heterocycles. The van der Waals surface area contributed by atoms with Crippen LogP contribution in [0.1, 0.15) is 27.2 Å². The summed E-state index contributed by atoms with van der Waals surface area (Å²) in [7, 11) is 0. The predicted molar refractivity (Wildman–Crippen MR) is 108 cm³/mol. The number of nitrogens with one attached hydrogen (secondary N) is 1. The molecule has 0 bridgehead atoms. The molecule has 0 aliphatic rings. The van der Waals surface area contributed by atoms with E-state index in [9.17, 15) is 9.18 Å². The first-order valence-electron chi connectivity index (χ1n) is 8.44. The number of hydrogen-bond acceptors (Lipinski definition) is 2. The molecule has 4 nitrogen and oxygen atoms in total. The van der Waals surface area contributed by atoms with Crippen molar-refractivity contribution in [3.05, 3.63) is 86.4 Å². The lowest BCUT2D eigenvalue weighted by Crippen LogP contribution is -2.26. The summed E-state index contributed by atoms with van der Waals surface area (Å²) in [6, 6.07) is 14.0. The molecule has 0 unspecified atom stereocenters. The topological polar surface area (TPSA) is 46.9 Å². The molecular weight excluding hydrogens is 433 g/mol. The minimum Gasteiger partial charge on any atom is -0.352 e. The molecule has 1 amide bonds. The third-order valence-electron chi connectivity index (χ3n) is 4.18. The van der Waals surface area contributed by atoms with Gasteiger partial charge in [-0.15, -0.1) is 0 Å². The number of carbonyl (C=O) groups excluding carboxylic acids is 1. The normalized spacial score (nSPS) is 10.8. The van der Waals surface area contributed by atoms with E-state index >= 15 is 0 Å². The zero-order valence-electron chi connectivity index (χ0n) is 14.7. The van der Waals surface area contributed by atoms with Crippen LogP contribution in [-0.4, -0.2) is 22.2 Å². The molecule has 3 aromatic rings. The van der Waals surface area contributed by atoms with E-state index in [-0.39, 0.29) is 16.9 Å². The molecule has 3 rings (SSSR count). The van der Waals surface area contributed by atoms with Crippen molar-refractivity contribution in [3.63, 3.8) is 0 Å². The molecule has 2 aromatic carbocycles. The number of amides is 1. The molecule has 1 N–H and O–H groups in total. The van der Waals surface area contributed by atoms with Gasteiger partial charge in [0.1, 0.15) is 11.0 Å². The van der Waals surface area contributed by atoms with Gasteiger partial charge in [0, 0.05) is 11.0 Å². The highest BCUT2D eigenvalue weighted by molar-refractivity contribution is 9.10. The van der Waals surface area contributed by atoms with Crippen molar-refractivity contribution in [2.24, 2.45) is 0 Å². The first kappa shape index (κ1) is 19.6. The van der Waals surface area contributed by atoms with Gasteiger partial charge in [-0.1, -0.05) is 57.9 Å². The van der Waals surface area contributed by atoms with Gasteiger partial charge in [-0.2, -0.15) is 5.10 Å². The Bertz CT molecular complexity index is 956. The third kappa shape index (κ3) is 4.76. The smallest absolute Gasteiger partial charge is 0.256 e. The van der Waals surface area contributed by atoms with Crippen LogP contribution in [0.3, 0.4) is 0 Å². The van der Waals surface area contributed by atoms with E-state index in [1.54, 1.807) is 23.7 Å². The maximum absolute atomic E-state index is 13.0. The third-order valence-corrected chi connectivity index (χ3v) is 5.33. The highest BCUT2D eigenvalue weighted by Gasteiger charge is 2.20. The highest BCUT2D eigenvalue weighted by Crippen LogP contribution is 2.21. The Morgan fingerprint density at radius 1 is 1.22 bits per heavy atom. The molecule has 0 spiro atoms. The van der Waals surface area contributed by atoms with Crippen molar-refractivity contribution in [3.8, 4) is 0 Å². The fraction of sp³-hybridized carbons (Fsp3) is 0.200. The van der Waals surface area contributed by atoms with Gasteiger partial charge >= 0.3 is 0 Å². The molecule has 0 atom stereocenters. The van der Waals surface area contributed by atoms with Gasteiger partial charge in [-0.3, -0.25) is 4.79 Å². The van der Waals surface area contributed by atoms with Crippen LogP contribution >= 0.6 is 27.5 Å². The minimum atomic E-state index is -0.299. The molecule has 0 aliphatic carbocycles. The van der Waals surface area contributed by atoms with Crippen molar-refractivity contribution in [2.75, 3.05) is 6.54 Å². The predicted octanol–water partition coefficient (Wildman–Crippen LogP) is 4.77. The Kier molecular flexibility index (Phi) is 6.29. The summed E-state index contributed by atoms with van der Waals surface area (Å²) in [5.74, 6) is -0.554. The minimum absolute atomic E-state index is 0.255. The monoisotopic (exact) mass is 449 g/mol. The van der Waals surface area contributed by atoms with Crippen molar-refractivity contribution >= 4 is 33.4 Å². The van der Waals surface area contributed by atoms with Gasteiger partial charge in [-0.05, 0) is 42.7 Å². The molecule has 7 heteroatoms. The quantitative estimate of drug-likeness (QED) is 0.588. The molecule has 0 fully saturated rings. The molecule has 140 valence electrons. The van der Waals surface area contributed by atoms with Crippen LogP contribution in [0, 0.1) is 12.7 Å². The second-order valence-corrected chi connectivity index (χ2v) is 7.34. The molecule has 0 saturated heterocycles. The van der Waals surface area contributed by atoms with Crippen LogP contribution in [0.4, 0.5) is 4.39 Å². The number of nitrogens with zero attached hydrogens (tertiary/aromatic N) is 2. The number of halogens is 3. The van der Waals surface area contributed by atoms with Crippen LogP contribution in [0.25, 0.3) is 0 Å². The highest BCUT2D eigenvalue weighted by atomic mass is 79.9. The van der Waals surface area contributed by atoms with Crippen molar-refractivity contribution in [1.29, 1.82) is 0 Å². The SMILES string of the molecule is Cc1nn(Cc2ccc(F)cc2)c(Cl)c1C(=O)NCCc1ccccc1Br. The van der Waals surface area contributed by atoms with E-state index in [1.165, 1.54) is 12.1 Å². The number of hydrogen-bond donors (Lipinski definition) is 1. The van der Waals surface area contributed by atoms with Crippen molar-refractivity contribution in [1.82, 2.24) is 15.1 Å². The average molecular weight is 451 g/mol. The van der Waals surface area contributed by atoms with Gasteiger partial charge in [-0.25, -0.2) is 9.07 Å². The lowest BCUT2D eigenvalue weighted by atomic mass is 10.1. The Morgan fingerprint density at radius 2 is 1.93 bits per heavy atom. The molecule has 1 aromatic heterocycles. The van der Waals surface area contributed by atoms with Gasteiger partial charge in [0.25, 0.3) is 5.91 Å². The van der Waals surface area contributed by atoms with E-state index in [0.29, 0.717) is 30.8 Å². The van der Waals surface area contributed by atoms with Crippen molar-refractivity contribution in [2.45, 2.75) is 19.9 Å².